The second-order valence-corrected chi connectivity index (χ2v) is 5.13. The largest absolute Gasteiger partial charge is 0.389 e. The molecule has 1 N–H and O–H groups in total. The number of hydrogen-bond acceptors (Lipinski definition) is 2. The van der Waals surface area contributed by atoms with E-state index in [1.807, 2.05) is 0 Å². The van der Waals surface area contributed by atoms with Crippen molar-refractivity contribution in [2.75, 3.05) is 0 Å². The van der Waals surface area contributed by atoms with Crippen molar-refractivity contribution < 1.29 is 18.3 Å². The van der Waals surface area contributed by atoms with Crippen LogP contribution >= 0.6 is 11.8 Å². The zero-order valence-electron chi connectivity index (χ0n) is 10.0. The fourth-order valence-corrected chi connectivity index (χ4v) is 2.36. The fourth-order valence-electron chi connectivity index (χ4n) is 1.54. The second-order valence-electron chi connectivity index (χ2n) is 4.04. The Balaban J connectivity index is 2.28. The van der Waals surface area contributed by atoms with Crippen molar-refractivity contribution in [2.45, 2.75) is 22.8 Å². The van der Waals surface area contributed by atoms with Crippen LogP contribution in [-0.4, -0.2) is 5.11 Å². The number of rotatable bonds is 3. The molecule has 0 aliphatic rings. The zero-order chi connectivity index (χ0) is 14.0. The van der Waals surface area contributed by atoms with Crippen LogP contribution in [0.15, 0.2) is 46.2 Å². The average molecular weight is 284 g/mol. The number of aliphatic hydroxyl groups excluding tert-OH is 1. The van der Waals surface area contributed by atoms with Crippen LogP contribution in [0.2, 0.25) is 0 Å². The van der Waals surface area contributed by atoms with Gasteiger partial charge in [0.15, 0.2) is 0 Å². The van der Waals surface area contributed by atoms with E-state index < -0.39 is 23.6 Å². The Hall–Kier alpha value is -1.46. The predicted octanol–water partition coefficient (Wildman–Crippen LogP) is 4.31. The molecule has 1 unspecified atom stereocenters. The van der Waals surface area contributed by atoms with Gasteiger partial charge in [-0.25, -0.2) is 13.2 Å². The molecule has 0 heterocycles. The van der Waals surface area contributed by atoms with E-state index in [4.69, 9.17) is 0 Å². The molecule has 0 bridgehead atoms. The van der Waals surface area contributed by atoms with Gasteiger partial charge in [0, 0.05) is 15.9 Å². The summed E-state index contributed by atoms with van der Waals surface area (Å²) in [6, 6.07) is 7.37. The van der Waals surface area contributed by atoms with Gasteiger partial charge in [0.25, 0.3) is 0 Å². The molecular weight excluding hydrogens is 273 g/mol. The molecule has 0 spiro atoms. The first-order valence-electron chi connectivity index (χ1n) is 5.58. The van der Waals surface area contributed by atoms with Gasteiger partial charge in [-0.2, -0.15) is 0 Å². The Bertz CT molecular complexity index is 599. The van der Waals surface area contributed by atoms with Crippen LogP contribution in [0.3, 0.4) is 0 Å². The smallest absolute Gasteiger partial charge is 0.140 e. The van der Waals surface area contributed by atoms with Crippen LogP contribution in [0.5, 0.6) is 0 Å². The lowest BCUT2D eigenvalue weighted by molar-refractivity contribution is 0.198. The van der Waals surface area contributed by atoms with E-state index >= 15 is 0 Å². The molecule has 2 aromatic carbocycles. The van der Waals surface area contributed by atoms with E-state index in [0.29, 0.717) is 5.56 Å². The average Bonchev–Trinajstić information content (AvgIpc) is 2.34. The quantitative estimate of drug-likeness (QED) is 0.906. The van der Waals surface area contributed by atoms with Gasteiger partial charge in [-0.3, -0.25) is 0 Å². The summed E-state index contributed by atoms with van der Waals surface area (Å²) >= 11 is 0.872. The van der Waals surface area contributed by atoms with Crippen LogP contribution in [0.4, 0.5) is 13.2 Å². The minimum atomic E-state index is -0.767. The first kappa shape index (κ1) is 14.0. The first-order valence-corrected chi connectivity index (χ1v) is 6.39. The van der Waals surface area contributed by atoms with Crippen LogP contribution in [0.1, 0.15) is 18.6 Å². The van der Waals surface area contributed by atoms with Crippen molar-refractivity contribution in [3.63, 3.8) is 0 Å². The van der Waals surface area contributed by atoms with E-state index in [1.165, 1.54) is 25.1 Å². The van der Waals surface area contributed by atoms with E-state index in [9.17, 15) is 18.3 Å². The predicted molar refractivity (Wildman–Crippen MR) is 67.5 cm³/mol. The highest BCUT2D eigenvalue weighted by Gasteiger charge is 2.11. The Morgan fingerprint density at radius 3 is 2.05 bits per heavy atom. The topological polar surface area (TPSA) is 20.2 Å². The molecule has 100 valence electrons. The highest BCUT2D eigenvalue weighted by molar-refractivity contribution is 7.99. The summed E-state index contributed by atoms with van der Waals surface area (Å²) in [5.41, 5.74) is 0.446. The molecule has 1 nitrogen and oxygen atoms in total. The van der Waals surface area contributed by atoms with E-state index in [0.717, 1.165) is 23.9 Å². The highest BCUT2D eigenvalue weighted by Crippen LogP contribution is 2.33. The summed E-state index contributed by atoms with van der Waals surface area (Å²) in [5.74, 6) is -1.96. The van der Waals surface area contributed by atoms with Crippen LogP contribution in [0.25, 0.3) is 0 Å². The summed E-state index contributed by atoms with van der Waals surface area (Å²) in [6.45, 7) is 1.53. The first-order chi connectivity index (χ1) is 8.97. The Kier molecular flexibility index (Phi) is 4.17. The van der Waals surface area contributed by atoms with Gasteiger partial charge in [-0.1, -0.05) is 17.8 Å². The molecule has 19 heavy (non-hydrogen) atoms. The van der Waals surface area contributed by atoms with Gasteiger partial charge in [-0.15, -0.1) is 0 Å². The van der Waals surface area contributed by atoms with Crippen molar-refractivity contribution in [2.24, 2.45) is 0 Å². The van der Waals surface area contributed by atoms with Gasteiger partial charge in [-0.05, 0) is 36.8 Å². The molecule has 0 aliphatic heterocycles. The molecule has 0 amide bonds. The summed E-state index contributed by atoms with van der Waals surface area (Å²) in [5, 5.41) is 9.33. The SMILES string of the molecule is CC(O)c1ccc(Sc2ccc(F)cc2F)c(F)c1. The van der Waals surface area contributed by atoms with Gasteiger partial charge in [0.1, 0.15) is 17.5 Å². The molecule has 0 saturated carbocycles. The van der Waals surface area contributed by atoms with Crippen molar-refractivity contribution in [1.82, 2.24) is 0 Å². The second kappa shape index (κ2) is 5.67. The van der Waals surface area contributed by atoms with Crippen molar-refractivity contribution in [3.05, 3.63) is 59.4 Å². The minimum Gasteiger partial charge on any atom is -0.389 e. The summed E-state index contributed by atoms with van der Waals surface area (Å²) in [7, 11) is 0. The van der Waals surface area contributed by atoms with Crippen LogP contribution in [0, 0.1) is 17.5 Å². The highest BCUT2D eigenvalue weighted by atomic mass is 32.2. The summed E-state index contributed by atoms with van der Waals surface area (Å²) in [6.07, 6.45) is -0.767. The molecule has 1 atom stereocenters. The Morgan fingerprint density at radius 1 is 0.947 bits per heavy atom. The molecule has 2 rings (SSSR count). The van der Waals surface area contributed by atoms with Gasteiger partial charge >= 0.3 is 0 Å². The monoisotopic (exact) mass is 284 g/mol. The van der Waals surface area contributed by atoms with Crippen LogP contribution in [-0.2, 0) is 0 Å². The fraction of sp³-hybridized carbons (Fsp3) is 0.143. The van der Waals surface area contributed by atoms with Crippen molar-refractivity contribution in [1.29, 1.82) is 0 Å². The van der Waals surface area contributed by atoms with Gasteiger partial charge < -0.3 is 5.11 Å². The maximum absolute atomic E-state index is 13.8. The number of halogens is 3. The standard InChI is InChI=1S/C14H11F3OS/c1-8(18)9-2-4-13(11(16)6-9)19-14-5-3-10(15)7-12(14)17/h2-8,18H,1H3. The molecule has 0 fully saturated rings. The third-order valence-corrected chi connectivity index (χ3v) is 3.65. The lowest BCUT2D eigenvalue weighted by Gasteiger charge is -2.08. The molecule has 0 aliphatic carbocycles. The lowest BCUT2D eigenvalue weighted by atomic mass is 10.1. The summed E-state index contributed by atoms with van der Waals surface area (Å²) in [4.78, 5) is 0.361. The molecule has 2 aromatic rings. The molecule has 0 radical (unpaired) electrons. The Morgan fingerprint density at radius 2 is 1.53 bits per heavy atom. The molecule has 0 aromatic heterocycles. The maximum atomic E-state index is 13.8. The third-order valence-electron chi connectivity index (χ3n) is 2.55. The molecule has 5 heteroatoms. The van der Waals surface area contributed by atoms with Crippen molar-refractivity contribution >= 4 is 11.8 Å². The number of hydrogen-bond donors (Lipinski definition) is 1. The van der Waals surface area contributed by atoms with Gasteiger partial charge in [0.05, 0.1) is 6.10 Å². The molecular formula is C14H11F3OS. The third kappa shape index (κ3) is 3.30. The molecule has 0 saturated heterocycles. The van der Waals surface area contributed by atoms with Crippen molar-refractivity contribution in [3.8, 4) is 0 Å². The Labute approximate surface area is 113 Å². The maximum Gasteiger partial charge on any atom is 0.140 e. The van der Waals surface area contributed by atoms with E-state index in [1.54, 1.807) is 6.07 Å². The van der Waals surface area contributed by atoms with E-state index in [-0.39, 0.29) is 9.79 Å². The van der Waals surface area contributed by atoms with Gasteiger partial charge in [0.2, 0.25) is 0 Å². The zero-order valence-corrected chi connectivity index (χ0v) is 10.8. The number of benzene rings is 2. The lowest BCUT2D eigenvalue weighted by Crippen LogP contribution is -1.93. The minimum absolute atomic E-state index is 0.144. The number of aliphatic hydroxyl groups is 1. The van der Waals surface area contributed by atoms with Crippen LogP contribution < -0.4 is 0 Å². The van der Waals surface area contributed by atoms with E-state index in [2.05, 4.69) is 0 Å². The normalized spacial score (nSPS) is 12.5. The summed E-state index contributed by atoms with van der Waals surface area (Å²) < 4.78 is 40.0.